The van der Waals surface area contributed by atoms with Gasteiger partial charge < -0.3 is 10.1 Å². The van der Waals surface area contributed by atoms with Gasteiger partial charge in [0, 0.05) is 22.1 Å². The highest BCUT2D eigenvalue weighted by Crippen LogP contribution is 2.25. The van der Waals surface area contributed by atoms with Crippen molar-refractivity contribution >= 4 is 31.9 Å². The highest BCUT2D eigenvalue weighted by molar-refractivity contribution is 9.10. The first-order valence-electron chi connectivity index (χ1n) is 9.38. The van der Waals surface area contributed by atoms with Gasteiger partial charge in [0.15, 0.2) is 0 Å². The molecule has 0 aliphatic heterocycles. The lowest BCUT2D eigenvalue weighted by molar-refractivity contribution is 0.0938. The minimum atomic E-state index is -3.80. The van der Waals surface area contributed by atoms with E-state index in [-0.39, 0.29) is 34.2 Å². The van der Waals surface area contributed by atoms with E-state index in [9.17, 15) is 13.2 Å². The van der Waals surface area contributed by atoms with Crippen molar-refractivity contribution in [3.63, 3.8) is 0 Å². The van der Waals surface area contributed by atoms with E-state index in [0.717, 1.165) is 17.3 Å². The van der Waals surface area contributed by atoms with Gasteiger partial charge in [-0.1, -0.05) is 28.1 Å². The number of sulfonamides is 1. The molecule has 0 saturated carbocycles. The molecule has 2 rings (SSSR count). The maximum atomic E-state index is 12.6. The van der Waals surface area contributed by atoms with Gasteiger partial charge in [0.2, 0.25) is 10.0 Å². The smallest absolute Gasteiger partial charge is 0.251 e. The second-order valence-corrected chi connectivity index (χ2v) is 9.78. The van der Waals surface area contributed by atoms with Crippen LogP contribution in [0.3, 0.4) is 0 Å². The Morgan fingerprint density at radius 3 is 2.34 bits per heavy atom. The molecule has 0 saturated heterocycles. The first-order valence-corrected chi connectivity index (χ1v) is 11.7. The summed E-state index contributed by atoms with van der Waals surface area (Å²) in [5.41, 5.74) is 1.46. The number of carbonyl (C=O) groups excluding carboxylic acids is 1. The molecule has 2 N–H and O–H groups in total. The Morgan fingerprint density at radius 2 is 1.76 bits per heavy atom. The molecule has 6 nitrogen and oxygen atoms in total. The Morgan fingerprint density at radius 1 is 1.10 bits per heavy atom. The topological polar surface area (TPSA) is 84.5 Å². The van der Waals surface area contributed by atoms with Gasteiger partial charge in [0.25, 0.3) is 5.91 Å². The zero-order chi connectivity index (χ0) is 21.6. The van der Waals surface area contributed by atoms with E-state index in [0.29, 0.717) is 0 Å². The molecule has 2 aromatic carbocycles. The third kappa shape index (κ3) is 6.83. The van der Waals surface area contributed by atoms with E-state index >= 15 is 0 Å². The minimum Gasteiger partial charge on any atom is -0.495 e. The van der Waals surface area contributed by atoms with Crippen molar-refractivity contribution in [2.24, 2.45) is 0 Å². The molecule has 0 radical (unpaired) electrons. The van der Waals surface area contributed by atoms with E-state index in [1.165, 1.54) is 24.8 Å². The van der Waals surface area contributed by atoms with Crippen LogP contribution in [-0.2, 0) is 16.4 Å². The van der Waals surface area contributed by atoms with Crippen LogP contribution in [0.2, 0.25) is 0 Å². The lowest BCUT2D eigenvalue weighted by Gasteiger charge is -2.16. The molecular weight excluding hydrogens is 456 g/mol. The number of halogens is 1. The van der Waals surface area contributed by atoms with Gasteiger partial charge in [-0.15, -0.1) is 0 Å². The molecule has 0 heterocycles. The van der Waals surface area contributed by atoms with Gasteiger partial charge in [-0.05, 0) is 69.5 Å². The summed E-state index contributed by atoms with van der Waals surface area (Å²) in [5, 5.41) is 2.93. The van der Waals surface area contributed by atoms with Crippen LogP contribution in [0.15, 0.2) is 51.8 Å². The van der Waals surface area contributed by atoms with Crippen molar-refractivity contribution in [3.05, 3.63) is 58.1 Å². The largest absolute Gasteiger partial charge is 0.495 e. The summed E-state index contributed by atoms with van der Waals surface area (Å²) in [4.78, 5) is 12.6. The first-order chi connectivity index (χ1) is 13.6. The number of benzene rings is 2. The van der Waals surface area contributed by atoms with Crippen LogP contribution >= 0.6 is 15.9 Å². The van der Waals surface area contributed by atoms with Crippen molar-refractivity contribution in [1.29, 1.82) is 0 Å². The number of ether oxygens (including phenoxy) is 1. The van der Waals surface area contributed by atoms with Gasteiger partial charge in [-0.2, -0.15) is 0 Å². The van der Waals surface area contributed by atoms with Gasteiger partial charge in [0.05, 0.1) is 7.11 Å². The Bertz CT molecular complexity index is 944. The summed E-state index contributed by atoms with van der Waals surface area (Å²) in [5.74, 6) is -0.130. The fourth-order valence-electron chi connectivity index (χ4n) is 2.82. The van der Waals surface area contributed by atoms with E-state index in [1.54, 1.807) is 19.9 Å². The standard InChI is InChI=1S/C21H27BrN2O4S/c1-14(2)24-29(26,27)20-13-17(9-12-19(20)28-4)21(25)23-15(3)5-6-16-7-10-18(22)11-8-16/h7-15,24H,5-6H2,1-4H3,(H,23,25). The molecule has 0 bridgehead atoms. The normalized spacial score (nSPS) is 12.6. The third-order valence-corrected chi connectivity index (χ3v) is 6.47. The minimum absolute atomic E-state index is 0.0520. The maximum Gasteiger partial charge on any atom is 0.251 e. The molecule has 2 aromatic rings. The zero-order valence-electron chi connectivity index (χ0n) is 17.0. The van der Waals surface area contributed by atoms with Crippen molar-refractivity contribution < 1.29 is 17.9 Å². The SMILES string of the molecule is COc1ccc(C(=O)NC(C)CCc2ccc(Br)cc2)cc1S(=O)(=O)NC(C)C. The van der Waals surface area contributed by atoms with Crippen LogP contribution in [0.1, 0.15) is 43.1 Å². The van der Waals surface area contributed by atoms with Gasteiger partial charge in [-0.25, -0.2) is 13.1 Å². The average Bonchev–Trinajstić information content (AvgIpc) is 2.66. The van der Waals surface area contributed by atoms with Crippen LogP contribution < -0.4 is 14.8 Å². The Hall–Kier alpha value is -1.90. The van der Waals surface area contributed by atoms with E-state index < -0.39 is 10.0 Å². The van der Waals surface area contributed by atoms with Gasteiger partial charge in [-0.3, -0.25) is 4.79 Å². The van der Waals surface area contributed by atoms with Crippen LogP contribution in [0.25, 0.3) is 0 Å². The number of methoxy groups -OCH3 is 1. The van der Waals surface area contributed by atoms with Crippen molar-refractivity contribution in [2.75, 3.05) is 7.11 Å². The first kappa shape index (κ1) is 23.4. The van der Waals surface area contributed by atoms with Gasteiger partial charge >= 0.3 is 0 Å². The fraction of sp³-hybridized carbons (Fsp3) is 0.381. The third-order valence-electron chi connectivity index (χ3n) is 4.26. The van der Waals surface area contributed by atoms with Crippen molar-refractivity contribution in [1.82, 2.24) is 10.0 Å². The molecule has 0 spiro atoms. The summed E-state index contributed by atoms with van der Waals surface area (Å²) in [6, 6.07) is 12.1. The molecule has 1 unspecified atom stereocenters. The summed E-state index contributed by atoms with van der Waals surface area (Å²) >= 11 is 3.41. The van der Waals surface area contributed by atoms with E-state index in [4.69, 9.17) is 4.74 Å². The number of aryl methyl sites for hydroxylation is 1. The second-order valence-electron chi connectivity index (χ2n) is 7.18. The summed E-state index contributed by atoms with van der Waals surface area (Å²) in [6.07, 6.45) is 1.60. The number of hydrogen-bond acceptors (Lipinski definition) is 4. The molecule has 0 aromatic heterocycles. The van der Waals surface area contributed by atoms with Crippen molar-refractivity contribution in [2.45, 2.75) is 50.6 Å². The van der Waals surface area contributed by atoms with Crippen LogP contribution in [0.5, 0.6) is 5.75 Å². The quantitative estimate of drug-likeness (QED) is 0.567. The van der Waals surface area contributed by atoms with Crippen LogP contribution in [0.4, 0.5) is 0 Å². The number of nitrogens with one attached hydrogen (secondary N) is 2. The molecule has 1 amide bonds. The molecule has 0 fully saturated rings. The number of amides is 1. The Labute approximate surface area is 181 Å². The number of hydrogen-bond donors (Lipinski definition) is 2. The molecule has 1 atom stereocenters. The summed E-state index contributed by atoms with van der Waals surface area (Å²) in [7, 11) is -2.40. The molecular formula is C21H27BrN2O4S. The lowest BCUT2D eigenvalue weighted by atomic mass is 10.1. The number of carbonyl (C=O) groups is 1. The summed E-state index contributed by atoms with van der Waals surface area (Å²) < 4.78 is 33.9. The Kier molecular flexibility index (Phi) is 8.24. The number of rotatable bonds is 9. The van der Waals surface area contributed by atoms with E-state index in [1.807, 2.05) is 31.2 Å². The fourth-order valence-corrected chi connectivity index (χ4v) is 4.53. The van der Waals surface area contributed by atoms with Crippen LogP contribution in [-0.4, -0.2) is 33.5 Å². The van der Waals surface area contributed by atoms with E-state index in [2.05, 4.69) is 26.0 Å². The van der Waals surface area contributed by atoms with Crippen molar-refractivity contribution in [3.8, 4) is 5.75 Å². The highest BCUT2D eigenvalue weighted by atomic mass is 79.9. The monoisotopic (exact) mass is 482 g/mol. The van der Waals surface area contributed by atoms with Gasteiger partial charge in [0.1, 0.15) is 10.6 Å². The second kappa shape index (κ2) is 10.2. The predicted octanol–water partition coefficient (Wildman–Crippen LogP) is 3.90. The molecule has 0 aliphatic carbocycles. The molecule has 8 heteroatoms. The lowest BCUT2D eigenvalue weighted by Crippen LogP contribution is -2.33. The zero-order valence-corrected chi connectivity index (χ0v) is 19.4. The summed E-state index contributed by atoms with van der Waals surface area (Å²) in [6.45, 7) is 5.39. The highest BCUT2D eigenvalue weighted by Gasteiger charge is 2.22. The molecule has 29 heavy (non-hydrogen) atoms. The molecule has 0 aliphatic rings. The maximum absolute atomic E-state index is 12.6. The van der Waals surface area contributed by atoms with Crippen LogP contribution in [0, 0.1) is 0 Å². The Balaban J connectivity index is 2.09. The average molecular weight is 483 g/mol. The molecule has 158 valence electrons. The predicted molar refractivity (Wildman–Crippen MR) is 118 cm³/mol.